The number of rotatable bonds is 4. The van der Waals surface area contributed by atoms with E-state index in [1.54, 1.807) is 29.9 Å². The summed E-state index contributed by atoms with van der Waals surface area (Å²) in [4.78, 5) is 24.8. The number of piperidine rings is 1. The van der Waals surface area contributed by atoms with Crippen LogP contribution in [0.15, 0.2) is 30.3 Å². The van der Waals surface area contributed by atoms with Crippen LogP contribution < -0.4 is 10.2 Å². The zero-order valence-corrected chi connectivity index (χ0v) is 19.1. The zero-order chi connectivity index (χ0) is 22.9. The summed E-state index contributed by atoms with van der Waals surface area (Å²) in [5.74, 6) is 1.51. The van der Waals surface area contributed by atoms with Crippen LogP contribution in [0.2, 0.25) is 0 Å². The van der Waals surface area contributed by atoms with Crippen LogP contribution in [0.25, 0.3) is 11.3 Å². The Kier molecular flexibility index (Phi) is 5.83. The topological polar surface area (TPSA) is 75.9 Å². The molecule has 1 N–H and O–H groups in total. The van der Waals surface area contributed by atoms with Gasteiger partial charge in [-0.1, -0.05) is 0 Å². The highest BCUT2D eigenvalue weighted by Gasteiger charge is 2.27. The maximum Gasteiger partial charge on any atom is 0.269 e. The van der Waals surface area contributed by atoms with Crippen LogP contribution in [0, 0.1) is 12.7 Å². The number of benzene rings is 1. The zero-order valence-electron chi connectivity index (χ0n) is 19.1. The molecule has 0 saturated carbocycles. The Morgan fingerprint density at radius 2 is 1.82 bits per heavy atom. The van der Waals surface area contributed by atoms with E-state index in [2.05, 4.69) is 20.3 Å². The molecule has 1 aromatic carbocycles. The second-order valence-corrected chi connectivity index (χ2v) is 9.01. The van der Waals surface area contributed by atoms with Gasteiger partial charge in [-0.2, -0.15) is 5.10 Å². The maximum atomic E-state index is 13.2. The summed E-state index contributed by atoms with van der Waals surface area (Å²) in [6.45, 7) is 3.69. The molecule has 0 atom stereocenters. The molecule has 5 rings (SSSR count). The summed E-state index contributed by atoms with van der Waals surface area (Å²) in [6, 6.07) is 8.00. The fraction of sp³-hybridized carbons (Fsp3) is 0.440. The Hall–Kier alpha value is -3.29. The highest BCUT2D eigenvalue weighted by Crippen LogP contribution is 2.30. The van der Waals surface area contributed by atoms with Gasteiger partial charge >= 0.3 is 0 Å². The number of nitrogens with one attached hydrogen (secondary N) is 1. The number of anilines is 1. The molecule has 0 radical (unpaired) electrons. The molecule has 1 fully saturated rings. The van der Waals surface area contributed by atoms with Gasteiger partial charge in [0.05, 0.1) is 5.69 Å². The first-order valence-corrected chi connectivity index (χ1v) is 11.7. The minimum atomic E-state index is -0.295. The van der Waals surface area contributed by atoms with Crippen LogP contribution in [0.4, 0.5) is 10.2 Å². The number of halogens is 1. The molecular weight excluding hydrogens is 419 g/mol. The van der Waals surface area contributed by atoms with Crippen LogP contribution in [0.1, 0.15) is 53.3 Å². The molecule has 8 heteroatoms. The van der Waals surface area contributed by atoms with Gasteiger partial charge in [0.2, 0.25) is 0 Å². The lowest BCUT2D eigenvalue weighted by molar-refractivity contribution is 0.0921. The number of nitrogens with zero attached hydrogens (tertiary/aromatic N) is 5. The second-order valence-electron chi connectivity index (χ2n) is 9.01. The van der Waals surface area contributed by atoms with Crippen molar-refractivity contribution in [2.45, 2.75) is 51.5 Å². The first-order chi connectivity index (χ1) is 16.0. The molecule has 7 nitrogen and oxygen atoms in total. The van der Waals surface area contributed by atoms with Gasteiger partial charge in [0, 0.05) is 43.0 Å². The highest BCUT2D eigenvalue weighted by molar-refractivity contribution is 5.93. The van der Waals surface area contributed by atoms with Gasteiger partial charge in [0.15, 0.2) is 0 Å². The normalized spacial score (nSPS) is 16.5. The summed E-state index contributed by atoms with van der Waals surface area (Å²) in [5.41, 5.74) is 4.46. The Balaban J connectivity index is 1.24. The van der Waals surface area contributed by atoms with E-state index in [1.165, 1.54) is 36.2 Å². The Morgan fingerprint density at radius 3 is 2.58 bits per heavy atom. The van der Waals surface area contributed by atoms with Gasteiger partial charge in [-0.3, -0.25) is 9.48 Å². The number of amides is 1. The molecule has 172 valence electrons. The molecule has 3 aromatic rings. The quantitative estimate of drug-likeness (QED) is 0.660. The molecule has 0 bridgehead atoms. The average molecular weight is 449 g/mol. The molecule has 2 aliphatic rings. The van der Waals surface area contributed by atoms with E-state index in [1.807, 2.05) is 6.92 Å². The van der Waals surface area contributed by atoms with E-state index >= 15 is 0 Å². The first kappa shape index (κ1) is 21.6. The van der Waals surface area contributed by atoms with E-state index in [4.69, 9.17) is 4.98 Å². The van der Waals surface area contributed by atoms with Crippen LogP contribution >= 0.6 is 0 Å². The molecule has 33 heavy (non-hydrogen) atoms. The number of fused-ring (bicyclic) bond motifs is 1. The minimum absolute atomic E-state index is 0.108. The third kappa shape index (κ3) is 4.47. The van der Waals surface area contributed by atoms with Crippen LogP contribution in [0.3, 0.4) is 0 Å². The lowest BCUT2D eigenvalue weighted by Crippen LogP contribution is -2.45. The summed E-state index contributed by atoms with van der Waals surface area (Å²) < 4.78 is 14.8. The molecule has 0 unspecified atom stereocenters. The number of hydrogen-bond donors (Lipinski definition) is 1. The van der Waals surface area contributed by atoms with Crippen molar-refractivity contribution in [1.82, 2.24) is 25.1 Å². The number of aromatic nitrogens is 4. The van der Waals surface area contributed by atoms with Crippen molar-refractivity contribution in [2.24, 2.45) is 7.05 Å². The average Bonchev–Trinajstić information content (AvgIpc) is 3.21. The van der Waals surface area contributed by atoms with E-state index < -0.39 is 0 Å². The van der Waals surface area contributed by atoms with E-state index in [9.17, 15) is 9.18 Å². The molecule has 2 aromatic heterocycles. The molecule has 1 saturated heterocycles. The molecule has 1 aliphatic carbocycles. The lowest BCUT2D eigenvalue weighted by atomic mass is 9.95. The van der Waals surface area contributed by atoms with Gasteiger partial charge in [0.25, 0.3) is 5.91 Å². The Labute approximate surface area is 193 Å². The van der Waals surface area contributed by atoms with Gasteiger partial charge in [-0.05, 0) is 75.8 Å². The molecule has 1 aliphatic heterocycles. The van der Waals surface area contributed by atoms with Crippen molar-refractivity contribution in [3.8, 4) is 11.3 Å². The van der Waals surface area contributed by atoms with Crippen LogP contribution in [-0.4, -0.2) is 44.8 Å². The molecule has 1 amide bonds. The number of aryl methyl sites for hydroxylation is 3. The first-order valence-electron chi connectivity index (χ1n) is 11.7. The van der Waals surface area contributed by atoms with Gasteiger partial charge in [-0.25, -0.2) is 14.4 Å². The van der Waals surface area contributed by atoms with Crippen molar-refractivity contribution < 1.29 is 9.18 Å². The fourth-order valence-corrected chi connectivity index (χ4v) is 4.89. The smallest absolute Gasteiger partial charge is 0.269 e. The minimum Gasteiger partial charge on any atom is -0.356 e. The summed E-state index contributed by atoms with van der Waals surface area (Å²) in [5, 5.41) is 7.61. The van der Waals surface area contributed by atoms with E-state index in [0.717, 1.165) is 56.0 Å². The van der Waals surface area contributed by atoms with Gasteiger partial charge in [0.1, 0.15) is 23.2 Å². The highest BCUT2D eigenvalue weighted by atomic mass is 19.1. The molecule has 0 spiro atoms. The number of carbonyl (C=O) groups excluding carboxylic acids is 1. The standard InChI is InChI=1S/C25H29FN6O/c1-16-27-21-6-4-3-5-20(21)24(28-16)32-13-11-19(12-14-32)29-25(33)23-15-22(30-31(23)2)17-7-9-18(26)10-8-17/h7-10,15,19H,3-6,11-14H2,1-2H3,(H,29,33). The Morgan fingerprint density at radius 1 is 1.09 bits per heavy atom. The van der Waals surface area contributed by atoms with Crippen molar-refractivity contribution in [1.29, 1.82) is 0 Å². The van der Waals surface area contributed by atoms with E-state index in [-0.39, 0.29) is 17.8 Å². The summed E-state index contributed by atoms with van der Waals surface area (Å²) in [6.07, 6.45) is 6.23. The SMILES string of the molecule is Cc1nc2c(c(N3CCC(NC(=O)c4cc(-c5ccc(F)cc5)nn4C)CC3)n1)CCCC2. The monoisotopic (exact) mass is 448 g/mol. The van der Waals surface area contributed by atoms with Crippen molar-refractivity contribution in [3.05, 3.63) is 58.9 Å². The van der Waals surface area contributed by atoms with Crippen LogP contribution in [0.5, 0.6) is 0 Å². The maximum absolute atomic E-state index is 13.2. The van der Waals surface area contributed by atoms with Crippen molar-refractivity contribution in [3.63, 3.8) is 0 Å². The second kappa shape index (κ2) is 8.92. The predicted molar refractivity (Wildman–Crippen MR) is 125 cm³/mol. The third-order valence-electron chi connectivity index (χ3n) is 6.66. The summed E-state index contributed by atoms with van der Waals surface area (Å²) in [7, 11) is 1.76. The van der Waals surface area contributed by atoms with E-state index in [0.29, 0.717) is 11.4 Å². The predicted octanol–water partition coefficient (Wildman–Crippen LogP) is 3.60. The molecular formula is C25H29FN6O. The fourth-order valence-electron chi connectivity index (χ4n) is 4.89. The largest absolute Gasteiger partial charge is 0.356 e. The van der Waals surface area contributed by atoms with Gasteiger partial charge in [-0.15, -0.1) is 0 Å². The van der Waals surface area contributed by atoms with Crippen molar-refractivity contribution in [2.75, 3.05) is 18.0 Å². The Bertz CT molecular complexity index is 1160. The molecule has 3 heterocycles. The van der Waals surface area contributed by atoms with Crippen LogP contribution in [-0.2, 0) is 19.9 Å². The number of carbonyl (C=O) groups is 1. The van der Waals surface area contributed by atoms with Crippen molar-refractivity contribution >= 4 is 11.7 Å². The van der Waals surface area contributed by atoms with Gasteiger partial charge < -0.3 is 10.2 Å². The summed E-state index contributed by atoms with van der Waals surface area (Å²) >= 11 is 0. The lowest BCUT2D eigenvalue weighted by Gasteiger charge is -2.35. The number of hydrogen-bond acceptors (Lipinski definition) is 5. The third-order valence-corrected chi connectivity index (χ3v) is 6.66.